The number of fused-ring (bicyclic) bond motifs is 1. The summed E-state index contributed by atoms with van der Waals surface area (Å²) in [5.74, 6) is 1.43. The highest BCUT2D eigenvalue weighted by Gasteiger charge is 2.48. The van der Waals surface area contributed by atoms with Gasteiger partial charge in [0.25, 0.3) is 6.43 Å². The standard InChI is InChI=1S/C18H27F2N3/c1-13(2)10-18-7-3-9-23(18)15(6-8-18)4-5-16-21-11-14(12-22-16)17(19)20/h11-13,15,17H,3-10H2,1-2H3. The SMILES string of the molecule is CC(C)CC12CCCN1C(CCc1ncc(C(F)F)cn1)CC2. The van der Waals surface area contributed by atoms with E-state index in [1.807, 2.05) is 0 Å². The minimum atomic E-state index is -2.49. The predicted octanol–water partition coefficient (Wildman–Crippen LogP) is 4.39. The monoisotopic (exact) mass is 323 g/mol. The molecule has 0 spiro atoms. The van der Waals surface area contributed by atoms with E-state index in [1.54, 1.807) is 0 Å². The van der Waals surface area contributed by atoms with Crippen LogP contribution in [0.15, 0.2) is 12.4 Å². The number of rotatable bonds is 6. The van der Waals surface area contributed by atoms with Gasteiger partial charge in [0.2, 0.25) is 0 Å². The van der Waals surface area contributed by atoms with Crippen molar-refractivity contribution in [2.45, 2.75) is 76.8 Å². The van der Waals surface area contributed by atoms with E-state index < -0.39 is 6.43 Å². The van der Waals surface area contributed by atoms with Gasteiger partial charge in [0.15, 0.2) is 0 Å². The van der Waals surface area contributed by atoms with Crippen LogP contribution in [0.3, 0.4) is 0 Å². The Morgan fingerprint density at radius 2 is 2.00 bits per heavy atom. The molecule has 1 aromatic heterocycles. The first-order valence-electron chi connectivity index (χ1n) is 8.86. The van der Waals surface area contributed by atoms with E-state index in [0.29, 0.717) is 17.4 Å². The maximum Gasteiger partial charge on any atom is 0.266 e. The van der Waals surface area contributed by atoms with E-state index in [9.17, 15) is 8.78 Å². The van der Waals surface area contributed by atoms with Crippen molar-refractivity contribution in [3.8, 4) is 0 Å². The number of halogens is 2. The highest BCUT2D eigenvalue weighted by atomic mass is 19.3. The summed E-state index contributed by atoms with van der Waals surface area (Å²) in [6.45, 7) is 5.84. The summed E-state index contributed by atoms with van der Waals surface area (Å²) in [6.07, 6.45) is 8.35. The highest BCUT2D eigenvalue weighted by molar-refractivity contribution is 5.08. The predicted molar refractivity (Wildman–Crippen MR) is 86.5 cm³/mol. The molecular weight excluding hydrogens is 296 g/mol. The van der Waals surface area contributed by atoms with Crippen LogP contribution in [-0.4, -0.2) is 33.0 Å². The smallest absolute Gasteiger partial charge is 0.266 e. The second-order valence-electron chi connectivity index (χ2n) is 7.58. The first-order chi connectivity index (χ1) is 11.0. The molecule has 23 heavy (non-hydrogen) atoms. The number of aryl methyl sites for hydroxylation is 1. The number of aromatic nitrogens is 2. The lowest BCUT2D eigenvalue weighted by Gasteiger charge is -2.36. The number of hydrogen-bond acceptors (Lipinski definition) is 3. The van der Waals surface area contributed by atoms with Crippen LogP contribution in [0.4, 0.5) is 8.78 Å². The van der Waals surface area contributed by atoms with Gasteiger partial charge in [-0.1, -0.05) is 13.8 Å². The molecule has 2 unspecified atom stereocenters. The van der Waals surface area contributed by atoms with E-state index in [2.05, 4.69) is 28.7 Å². The maximum atomic E-state index is 12.5. The van der Waals surface area contributed by atoms with E-state index in [1.165, 1.54) is 51.0 Å². The number of alkyl halides is 2. The minimum Gasteiger partial charge on any atom is -0.295 e. The highest BCUT2D eigenvalue weighted by Crippen LogP contribution is 2.46. The maximum absolute atomic E-state index is 12.5. The van der Waals surface area contributed by atoms with Gasteiger partial charge < -0.3 is 0 Å². The topological polar surface area (TPSA) is 29.0 Å². The van der Waals surface area contributed by atoms with Crippen molar-refractivity contribution in [3.63, 3.8) is 0 Å². The summed E-state index contributed by atoms with van der Waals surface area (Å²) in [7, 11) is 0. The molecular formula is C18H27F2N3. The molecule has 0 amide bonds. The molecule has 3 rings (SSSR count). The van der Waals surface area contributed by atoms with Gasteiger partial charge in [-0.3, -0.25) is 4.90 Å². The molecule has 2 fully saturated rings. The fourth-order valence-electron chi connectivity index (χ4n) is 4.67. The van der Waals surface area contributed by atoms with E-state index >= 15 is 0 Å². The van der Waals surface area contributed by atoms with Crippen LogP contribution in [0.2, 0.25) is 0 Å². The van der Waals surface area contributed by atoms with Gasteiger partial charge in [0.05, 0.1) is 5.56 Å². The third-order valence-electron chi connectivity index (χ3n) is 5.50. The Bertz CT molecular complexity index is 518. The van der Waals surface area contributed by atoms with Crippen LogP contribution < -0.4 is 0 Å². The van der Waals surface area contributed by atoms with Crippen LogP contribution in [0.25, 0.3) is 0 Å². The first kappa shape index (κ1) is 16.7. The molecule has 2 aliphatic rings. The normalized spacial score (nSPS) is 28.0. The zero-order chi connectivity index (χ0) is 16.4. The molecule has 5 heteroatoms. The quantitative estimate of drug-likeness (QED) is 0.777. The molecule has 128 valence electrons. The average molecular weight is 323 g/mol. The van der Waals surface area contributed by atoms with Crippen LogP contribution >= 0.6 is 0 Å². The van der Waals surface area contributed by atoms with E-state index in [0.717, 1.165) is 18.8 Å². The Morgan fingerprint density at radius 1 is 1.26 bits per heavy atom. The van der Waals surface area contributed by atoms with Gasteiger partial charge in [-0.05, 0) is 51.0 Å². The summed E-state index contributed by atoms with van der Waals surface area (Å²) >= 11 is 0. The van der Waals surface area contributed by atoms with Crippen molar-refractivity contribution in [3.05, 3.63) is 23.8 Å². The van der Waals surface area contributed by atoms with Crippen LogP contribution in [0.1, 0.15) is 70.2 Å². The fraction of sp³-hybridized carbons (Fsp3) is 0.778. The molecule has 0 bridgehead atoms. The Balaban J connectivity index is 1.59. The van der Waals surface area contributed by atoms with Gasteiger partial charge in [-0.2, -0.15) is 0 Å². The van der Waals surface area contributed by atoms with Crippen molar-refractivity contribution in [1.82, 2.24) is 14.9 Å². The molecule has 2 atom stereocenters. The number of hydrogen-bond donors (Lipinski definition) is 0. The Hall–Kier alpha value is -1.10. The van der Waals surface area contributed by atoms with Gasteiger partial charge in [0, 0.05) is 30.4 Å². The molecule has 0 aromatic carbocycles. The molecule has 0 radical (unpaired) electrons. The molecule has 3 nitrogen and oxygen atoms in total. The third-order valence-corrected chi connectivity index (χ3v) is 5.50. The van der Waals surface area contributed by atoms with Crippen molar-refractivity contribution in [2.75, 3.05) is 6.54 Å². The molecule has 1 aromatic rings. The molecule has 2 saturated heterocycles. The lowest BCUT2D eigenvalue weighted by atomic mass is 9.85. The number of nitrogens with zero attached hydrogens (tertiary/aromatic N) is 3. The second-order valence-corrected chi connectivity index (χ2v) is 7.58. The van der Waals surface area contributed by atoms with Crippen molar-refractivity contribution >= 4 is 0 Å². The summed E-state index contributed by atoms with van der Waals surface area (Å²) in [4.78, 5) is 10.9. The molecule has 0 aliphatic carbocycles. The Labute approximate surface area is 137 Å². The minimum absolute atomic E-state index is 0.0925. The van der Waals surface area contributed by atoms with Crippen molar-refractivity contribution in [1.29, 1.82) is 0 Å². The second kappa shape index (κ2) is 6.80. The third kappa shape index (κ3) is 3.54. The van der Waals surface area contributed by atoms with Crippen LogP contribution in [0.5, 0.6) is 0 Å². The zero-order valence-corrected chi connectivity index (χ0v) is 14.1. The van der Waals surface area contributed by atoms with Gasteiger partial charge in [-0.15, -0.1) is 0 Å². The van der Waals surface area contributed by atoms with E-state index in [-0.39, 0.29) is 5.56 Å². The zero-order valence-electron chi connectivity index (χ0n) is 14.1. The molecule has 0 saturated carbocycles. The van der Waals surface area contributed by atoms with Gasteiger partial charge in [-0.25, -0.2) is 18.7 Å². The van der Waals surface area contributed by atoms with Crippen LogP contribution in [-0.2, 0) is 6.42 Å². The largest absolute Gasteiger partial charge is 0.295 e. The van der Waals surface area contributed by atoms with Gasteiger partial charge >= 0.3 is 0 Å². The molecule has 3 heterocycles. The van der Waals surface area contributed by atoms with Gasteiger partial charge in [0.1, 0.15) is 5.82 Å². The van der Waals surface area contributed by atoms with E-state index in [4.69, 9.17) is 0 Å². The lowest BCUT2D eigenvalue weighted by Crippen LogP contribution is -2.43. The lowest BCUT2D eigenvalue weighted by molar-refractivity contribution is 0.122. The summed E-state index contributed by atoms with van der Waals surface area (Å²) in [5.41, 5.74) is 0.337. The summed E-state index contributed by atoms with van der Waals surface area (Å²) in [5, 5.41) is 0. The molecule has 0 N–H and O–H groups in total. The Morgan fingerprint density at radius 3 is 2.65 bits per heavy atom. The van der Waals surface area contributed by atoms with Crippen LogP contribution in [0, 0.1) is 5.92 Å². The average Bonchev–Trinajstić information content (AvgIpc) is 3.03. The Kier molecular flexibility index (Phi) is 4.95. The summed E-state index contributed by atoms with van der Waals surface area (Å²) in [6, 6.07) is 0.606. The summed E-state index contributed by atoms with van der Waals surface area (Å²) < 4.78 is 25.1. The fourth-order valence-corrected chi connectivity index (χ4v) is 4.67. The van der Waals surface area contributed by atoms with Crippen molar-refractivity contribution in [2.24, 2.45) is 5.92 Å². The van der Waals surface area contributed by atoms with Crippen molar-refractivity contribution < 1.29 is 8.78 Å². The first-order valence-corrected chi connectivity index (χ1v) is 8.86. The molecule has 2 aliphatic heterocycles.